The molecule has 1 unspecified atom stereocenters. The van der Waals surface area contributed by atoms with Gasteiger partial charge in [-0.25, -0.2) is 9.78 Å². The Hall–Kier alpha value is -0.940. The summed E-state index contributed by atoms with van der Waals surface area (Å²) < 4.78 is 5.09. The average molecular weight is 540 g/mol. The number of halogens is 1. The number of thiazole rings is 1. The van der Waals surface area contributed by atoms with E-state index in [9.17, 15) is 4.79 Å². The SMILES string of the molecule is CCOC(=O)c1sc(C(C)NC(=NC)NCCCCCCCN(C)C)nc1C.I. The Balaban J connectivity index is 0.00000784. The fraction of sp³-hybridized carbons (Fsp3) is 0.750. The van der Waals surface area contributed by atoms with Crippen LogP contribution in [0.1, 0.15) is 72.4 Å². The van der Waals surface area contributed by atoms with Crippen molar-refractivity contribution in [2.75, 3.05) is 40.8 Å². The number of nitrogens with zero attached hydrogens (tertiary/aromatic N) is 3. The highest BCUT2D eigenvalue weighted by Crippen LogP contribution is 2.24. The van der Waals surface area contributed by atoms with Crippen molar-refractivity contribution in [2.45, 2.75) is 58.9 Å². The molecule has 0 aliphatic heterocycles. The molecule has 168 valence electrons. The molecule has 0 aromatic carbocycles. The molecule has 29 heavy (non-hydrogen) atoms. The molecule has 1 aromatic heterocycles. The largest absolute Gasteiger partial charge is 0.462 e. The van der Waals surface area contributed by atoms with Gasteiger partial charge in [0.25, 0.3) is 0 Å². The topological polar surface area (TPSA) is 78.8 Å². The second kappa shape index (κ2) is 15.8. The molecule has 0 aliphatic carbocycles. The summed E-state index contributed by atoms with van der Waals surface area (Å²) in [6.07, 6.45) is 6.17. The molecule has 0 fully saturated rings. The smallest absolute Gasteiger partial charge is 0.350 e. The number of carbonyl (C=O) groups is 1. The summed E-state index contributed by atoms with van der Waals surface area (Å²) in [5.41, 5.74) is 0.712. The minimum absolute atomic E-state index is 0. The number of aliphatic imine (C=N–C) groups is 1. The maximum Gasteiger partial charge on any atom is 0.350 e. The number of unbranched alkanes of at least 4 members (excludes halogenated alkanes) is 4. The lowest BCUT2D eigenvalue weighted by Crippen LogP contribution is -2.39. The molecule has 0 saturated carbocycles. The van der Waals surface area contributed by atoms with E-state index in [-0.39, 0.29) is 36.0 Å². The zero-order chi connectivity index (χ0) is 20.9. The number of hydrogen-bond acceptors (Lipinski definition) is 6. The number of guanidine groups is 1. The van der Waals surface area contributed by atoms with Gasteiger partial charge in [0.05, 0.1) is 18.3 Å². The van der Waals surface area contributed by atoms with E-state index in [1.54, 1.807) is 14.0 Å². The van der Waals surface area contributed by atoms with Gasteiger partial charge in [-0.1, -0.05) is 19.3 Å². The van der Waals surface area contributed by atoms with E-state index in [0.717, 1.165) is 23.9 Å². The van der Waals surface area contributed by atoms with Gasteiger partial charge in [0.15, 0.2) is 5.96 Å². The third-order valence-electron chi connectivity index (χ3n) is 4.30. The first-order valence-electron chi connectivity index (χ1n) is 10.1. The van der Waals surface area contributed by atoms with Gasteiger partial charge in [-0.15, -0.1) is 35.3 Å². The molecule has 1 rings (SSSR count). The average Bonchev–Trinajstić information content (AvgIpc) is 3.04. The Bertz CT molecular complexity index is 622. The number of aryl methyl sites for hydroxylation is 1. The van der Waals surface area contributed by atoms with Gasteiger partial charge in [-0.2, -0.15) is 0 Å². The van der Waals surface area contributed by atoms with Gasteiger partial charge in [0, 0.05) is 13.6 Å². The lowest BCUT2D eigenvalue weighted by Gasteiger charge is -2.16. The lowest BCUT2D eigenvalue weighted by molar-refractivity contribution is 0.0531. The number of ether oxygens (including phenoxy) is 1. The van der Waals surface area contributed by atoms with Crippen LogP contribution in [0.3, 0.4) is 0 Å². The quantitative estimate of drug-likeness (QED) is 0.138. The standard InChI is InChI=1S/C20H37N5O2S.HI/c1-7-27-19(26)17-15(2)23-18(28-17)16(3)24-20(21-4)22-13-11-9-8-10-12-14-25(5)6;/h16H,7-14H2,1-6H3,(H2,21,22,24);1H. The van der Waals surface area contributed by atoms with Crippen molar-refractivity contribution in [3.05, 3.63) is 15.6 Å². The monoisotopic (exact) mass is 539 g/mol. The second-order valence-corrected chi connectivity index (χ2v) is 8.15. The Morgan fingerprint density at radius 2 is 1.90 bits per heavy atom. The highest BCUT2D eigenvalue weighted by molar-refractivity contribution is 14.0. The fourth-order valence-corrected chi connectivity index (χ4v) is 3.70. The summed E-state index contributed by atoms with van der Waals surface area (Å²) >= 11 is 1.38. The molecule has 7 nitrogen and oxygen atoms in total. The Kier molecular flexibility index (Phi) is 15.3. The van der Waals surface area contributed by atoms with Crippen molar-refractivity contribution >= 4 is 47.2 Å². The Morgan fingerprint density at radius 1 is 1.24 bits per heavy atom. The fourth-order valence-electron chi connectivity index (χ4n) is 2.74. The van der Waals surface area contributed by atoms with E-state index < -0.39 is 0 Å². The van der Waals surface area contributed by atoms with Crippen LogP contribution < -0.4 is 10.6 Å². The number of aromatic nitrogens is 1. The summed E-state index contributed by atoms with van der Waals surface area (Å²) in [5.74, 6) is 0.453. The van der Waals surface area contributed by atoms with Crippen molar-refractivity contribution in [3.63, 3.8) is 0 Å². The number of rotatable bonds is 12. The molecule has 9 heteroatoms. The lowest BCUT2D eigenvalue weighted by atomic mass is 10.1. The molecule has 2 N–H and O–H groups in total. The van der Waals surface area contributed by atoms with E-state index in [1.165, 1.54) is 43.6 Å². The van der Waals surface area contributed by atoms with E-state index >= 15 is 0 Å². The first-order valence-corrected chi connectivity index (χ1v) is 11.0. The van der Waals surface area contributed by atoms with E-state index in [4.69, 9.17) is 4.74 Å². The molecule has 0 spiro atoms. The van der Waals surface area contributed by atoms with Crippen molar-refractivity contribution in [1.82, 2.24) is 20.5 Å². The van der Waals surface area contributed by atoms with Crippen LogP contribution in [-0.2, 0) is 4.74 Å². The predicted octanol–water partition coefficient (Wildman–Crippen LogP) is 3.98. The van der Waals surface area contributed by atoms with Crippen LogP contribution >= 0.6 is 35.3 Å². The van der Waals surface area contributed by atoms with Gasteiger partial charge in [-0.05, 0) is 54.3 Å². The number of esters is 1. The van der Waals surface area contributed by atoms with Crippen molar-refractivity contribution in [3.8, 4) is 0 Å². The van der Waals surface area contributed by atoms with E-state index in [1.807, 2.05) is 13.8 Å². The van der Waals surface area contributed by atoms with Crippen LogP contribution in [0, 0.1) is 6.92 Å². The van der Waals surface area contributed by atoms with E-state index in [0.29, 0.717) is 17.2 Å². The molecule has 0 amide bonds. The maximum absolute atomic E-state index is 12.0. The highest BCUT2D eigenvalue weighted by Gasteiger charge is 2.20. The summed E-state index contributed by atoms with van der Waals surface area (Å²) in [6, 6.07) is -0.0379. The Morgan fingerprint density at radius 3 is 2.52 bits per heavy atom. The van der Waals surface area contributed by atoms with Gasteiger partial charge in [-0.3, -0.25) is 4.99 Å². The maximum atomic E-state index is 12.0. The van der Waals surface area contributed by atoms with Gasteiger partial charge in [0.1, 0.15) is 9.88 Å². The van der Waals surface area contributed by atoms with Gasteiger partial charge < -0.3 is 20.3 Å². The van der Waals surface area contributed by atoms with Gasteiger partial charge in [0.2, 0.25) is 0 Å². The molecular formula is C20H38IN5O2S. The summed E-state index contributed by atoms with van der Waals surface area (Å²) in [7, 11) is 6.00. The normalized spacial score (nSPS) is 12.4. The second-order valence-electron chi connectivity index (χ2n) is 7.12. The molecule has 0 aliphatic rings. The number of nitrogens with one attached hydrogen (secondary N) is 2. The van der Waals surface area contributed by atoms with Crippen molar-refractivity contribution < 1.29 is 9.53 Å². The molecule has 1 aromatic rings. The third-order valence-corrected chi connectivity index (χ3v) is 5.62. The van der Waals surface area contributed by atoms with Crippen LogP contribution in [-0.4, -0.2) is 62.7 Å². The van der Waals surface area contributed by atoms with Crippen LogP contribution in [0.4, 0.5) is 0 Å². The molecular weight excluding hydrogens is 501 g/mol. The van der Waals surface area contributed by atoms with Crippen molar-refractivity contribution in [1.29, 1.82) is 0 Å². The number of carbonyl (C=O) groups excluding carboxylic acids is 1. The van der Waals surface area contributed by atoms with Crippen LogP contribution in [0.2, 0.25) is 0 Å². The van der Waals surface area contributed by atoms with E-state index in [2.05, 4.69) is 39.6 Å². The number of hydrogen-bond donors (Lipinski definition) is 2. The molecule has 1 heterocycles. The summed E-state index contributed by atoms with van der Waals surface area (Å²) in [5, 5.41) is 7.56. The van der Waals surface area contributed by atoms with Crippen LogP contribution in [0.5, 0.6) is 0 Å². The Labute approximate surface area is 197 Å². The summed E-state index contributed by atoms with van der Waals surface area (Å²) in [6.45, 7) is 8.09. The van der Waals surface area contributed by atoms with Gasteiger partial charge >= 0.3 is 5.97 Å². The van der Waals surface area contributed by atoms with Crippen LogP contribution in [0.25, 0.3) is 0 Å². The van der Waals surface area contributed by atoms with Crippen molar-refractivity contribution in [2.24, 2.45) is 4.99 Å². The minimum Gasteiger partial charge on any atom is -0.462 e. The zero-order valence-electron chi connectivity index (χ0n) is 18.7. The van der Waals surface area contributed by atoms with Crippen LogP contribution in [0.15, 0.2) is 4.99 Å². The molecule has 0 bridgehead atoms. The molecule has 0 saturated heterocycles. The minimum atomic E-state index is -0.302. The summed E-state index contributed by atoms with van der Waals surface area (Å²) in [4.78, 5) is 23.6. The third kappa shape index (κ3) is 11.1. The molecule has 0 radical (unpaired) electrons. The first kappa shape index (κ1) is 28.1. The predicted molar refractivity (Wildman–Crippen MR) is 133 cm³/mol. The molecule has 1 atom stereocenters. The first-order chi connectivity index (χ1) is 13.4. The zero-order valence-corrected chi connectivity index (χ0v) is 21.9. The highest BCUT2D eigenvalue weighted by atomic mass is 127.